The molecule has 0 bridgehead atoms. The summed E-state index contributed by atoms with van der Waals surface area (Å²) in [5, 5.41) is 0. The Balaban J connectivity index is 2.69. The number of halogens is 1. The molecule has 0 N–H and O–H groups in total. The first-order chi connectivity index (χ1) is 8.77. The van der Waals surface area contributed by atoms with Crippen molar-refractivity contribution in [2.75, 3.05) is 18.6 Å². The van der Waals surface area contributed by atoms with Crippen LogP contribution in [0, 0.1) is 0 Å². The van der Waals surface area contributed by atoms with Crippen LogP contribution in [0.25, 0.3) is 0 Å². The highest BCUT2D eigenvalue weighted by molar-refractivity contribution is 9.10. The Labute approximate surface area is 123 Å². The van der Waals surface area contributed by atoms with Crippen LogP contribution >= 0.6 is 15.9 Å². The van der Waals surface area contributed by atoms with Gasteiger partial charge in [0.1, 0.15) is 0 Å². The Hall–Kier alpha value is -1.03. The van der Waals surface area contributed by atoms with Gasteiger partial charge in [0.25, 0.3) is 0 Å². The molecule has 1 aromatic carbocycles. The molecule has 0 fully saturated rings. The number of anilines is 1. The molecule has 0 saturated heterocycles. The molecule has 0 aromatic heterocycles. The van der Waals surface area contributed by atoms with Crippen molar-refractivity contribution in [3.05, 3.63) is 27.7 Å². The van der Waals surface area contributed by atoms with Crippen molar-refractivity contribution in [1.29, 1.82) is 0 Å². The van der Waals surface area contributed by atoms with Crippen LogP contribution < -0.4 is 4.90 Å². The zero-order chi connectivity index (χ0) is 14.4. The first kappa shape index (κ1) is 14.4. The van der Waals surface area contributed by atoms with Gasteiger partial charge in [-0.05, 0) is 31.5 Å². The lowest BCUT2D eigenvalue weighted by molar-refractivity contribution is 0.0598. The van der Waals surface area contributed by atoms with E-state index in [1.807, 2.05) is 6.07 Å². The maximum absolute atomic E-state index is 12.0. The molecule has 1 heterocycles. The van der Waals surface area contributed by atoms with E-state index < -0.39 is 0 Å². The lowest BCUT2D eigenvalue weighted by atomic mass is 9.84. The van der Waals surface area contributed by atoms with E-state index in [0.717, 1.165) is 22.3 Å². The minimum absolute atomic E-state index is 0.0518. The number of ether oxygens (including phenoxy) is 1. The molecule has 3 nitrogen and oxygen atoms in total. The number of methoxy groups -OCH3 is 1. The summed E-state index contributed by atoms with van der Waals surface area (Å²) in [6.07, 6.45) is 0. The Bertz CT molecular complexity index is 523. The summed E-state index contributed by atoms with van der Waals surface area (Å²) in [5.41, 5.74) is 2.84. The smallest absolute Gasteiger partial charge is 0.338 e. The summed E-state index contributed by atoms with van der Waals surface area (Å²) in [6, 6.07) is 4.35. The fourth-order valence-corrected chi connectivity index (χ4v) is 3.30. The summed E-state index contributed by atoms with van der Waals surface area (Å²) in [6.45, 7) is 9.61. The summed E-state index contributed by atoms with van der Waals surface area (Å²) in [7, 11) is 1.43. The lowest BCUT2D eigenvalue weighted by Crippen LogP contribution is -2.33. The maximum atomic E-state index is 12.0. The van der Waals surface area contributed by atoms with Crippen LogP contribution in [0.2, 0.25) is 0 Å². The predicted molar refractivity (Wildman–Crippen MR) is 81.0 cm³/mol. The lowest BCUT2D eigenvalue weighted by Gasteiger charge is -2.26. The van der Waals surface area contributed by atoms with Gasteiger partial charge in [-0.15, -0.1) is 0 Å². The van der Waals surface area contributed by atoms with Crippen LogP contribution in [0.4, 0.5) is 5.69 Å². The Kier molecular flexibility index (Phi) is 3.65. The van der Waals surface area contributed by atoms with Gasteiger partial charge < -0.3 is 9.64 Å². The molecule has 0 spiro atoms. The van der Waals surface area contributed by atoms with Crippen molar-refractivity contribution in [2.45, 2.75) is 39.2 Å². The van der Waals surface area contributed by atoms with Crippen molar-refractivity contribution < 1.29 is 9.53 Å². The molecule has 0 saturated carbocycles. The summed E-state index contributed by atoms with van der Waals surface area (Å²) >= 11 is 3.49. The molecular weight excluding hydrogens is 306 g/mol. The SMILES string of the molecule is COC(=O)c1cc(Br)cc2c1C(C)(C)CN2C(C)C. The molecule has 19 heavy (non-hydrogen) atoms. The van der Waals surface area contributed by atoms with E-state index in [1.54, 1.807) is 0 Å². The Morgan fingerprint density at radius 2 is 2.05 bits per heavy atom. The van der Waals surface area contributed by atoms with E-state index in [0.29, 0.717) is 11.6 Å². The van der Waals surface area contributed by atoms with E-state index in [4.69, 9.17) is 4.74 Å². The Morgan fingerprint density at radius 1 is 1.42 bits per heavy atom. The number of fused-ring (bicyclic) bond motifs is 1. The zero-order valence-electron chi connectivity index (χ0n) is 12.1. The first-order valence-corrected chi connectivity index (χ1v) is 7.26. The molecule has 0 radical (unpaired) electrons. The van der Waals surface area contributed by atoms with E-state index in [1.165, 1.54) is 7.11 Å². The van der Waals surface area contributed by atoms with Crippen LogP contribution in [0.15, 0.2) is 16.6 Å². The van der Waals surface area contributed by atoms with E-state index in [9.17, 15) is 4.79 Å². The van der Waals surface area contributed by atoms with Crippen molar-refractivity contribution in [2.24, 2.45) is 0 Å². The van der Waals surface area contributed by atoms with Gasteiger partial charge in [-0.25, -0.2) is 4.79 Å². The van der Waals surface area contributed by atoms with Gasteiger partial charge in [0, 0.05) is 28.2 Å². The van der Waals surface area contributed by atoms with Crippen molar-refractivity contribution >= 4 is 27.6 Å². The molecule has 1 aromatic rings. The second-order valence-corrected chi connectivity index (χ2v) is 6.86. The highest BCUT2D eigenvalue weighted by atomic mass is 79.9. The summed E-state index contributed by atoms with van der Waals surface area (Å²) < 4.78 is 5.84. The average Bonchev–Trinajstić information content (AvgIpc) is 2.59. The number of esters is 1. The second-order valence-electron chi connectivity index (χ2n) is 5.94. The number of carbonyl (C=O) groups is 1. The fourth-order valence-electron chi connectivity index (χ4n) is 2.85. The van der Waals surface area contributed by atoms with Gasteiger partial charge in [0.05, 0.1) is 12.7 Å². The quantitative estimate of drug-likeness (QED) is 0.776. The van der Waals surface area contributed by atoms with Crippen LogP contribution in [-0.2, 0) is 10.2 Å². The van der Waals surface area contributed by atoms with Crippen molar-refractivity contribution in [3.63, 3.8) is 0 Å². The molecule has 0 amide bonds. The first-order valence-electron chi connectivity index (χ1n) is 6.47. The minimum atomic E-state index is -0.267. The number of hydrogen-bond acceptors (Lipinski definition) is 3. The summed E-state index contributed by atoms with van der Waals surface area (Å²) in [5.74, 6) is -0.267. The second kappa shape index (κ2) is 4.82. The number of benzene rings is 1. The third kappa shape index (κ3) is 2.38. The standard InChI is InChI=1S/C15H20BrNO2/c1-9(2)17-8-15(3,4)13-11(14(18)19-5)6-10(16)7-12(13)17/h6-7,9H,8H2,1-5H3. The summed E-state index contributed by atoms with van der Waals surface area (Å²) in [4.78, 5) is 14.4. The zero-order valence-corrected chi connectivity index (χ0v) is 13.7. The minimum Gasteiger partial charge on any atom is -0.465 e. The normalized spacial score (nSPS) is 16.7. The Morgan fingerprint density at radius 3 is 2.58 bits per heavy atom. The monoisotopic (exact) mass is 325 g/mol. The van der Waals surface area contributed by atoms with Gasteiger partial charge >= 0.3 is 5.97 Å². The van der Waals surface area contributed by atoms with Crippen molar-refractivity contribution in [3.8, 4) is 0 Å². The van der Waals surface area contributed by atoms with E-state index in [2.05, 4.69) is 54.6 Å². The predicted octanol–water partition coefficient (Wildman–Crippen LogP) is 3.74. The molecule has 4 heteroatoms. The molecular formula is C15H20BrNO2. The number of hydrogen-bond donors (Lipinski definition) is 0. The number of rotatable bonds is 2. The molecule has 2 rings (SSSR count). The third-order valence-electron chi connectivity index (χ3n) is 3.66. The topological polar surface area (TPSA) is 29.5 Å². The highest BCUT2D eigenvalue weighted by Crippen LogP contribution is 2.45. The largest absolute Gasteiger partial charge is 0.465 e. The van der Waals surface area contributed by atoms with Crippen LogP contribution in [0.3, 0.4) is 0 Å². The molecule has 1 aliphatic rings. The number of carbonyl (C=O) groups excluding carboxylic acids is 1. The maximum Gasteiger partial charge on any atom is 0.338 e. The van der Waals surface area contributed by atoms with Gasteiger partial charge in [-0.3, -0.25) is 0 Å². The van der Waals surface area contributed by atoms with Gasteiger partial charge in [0.15, 0.2) is 0 Å². The third-order valence-corrected chi connectivity index (χ3v) is 4.12. The average molecular weight is 326 g/mol. The molecule has 0 aliphatic carbocycles. The van der Waals surface area contributed by atoms with Gasteiger partial charge in [-0.2, -0.15) is 0 Å². The van der Waals surface area contributed by atoms with Crippen LogP contribution in [0.1, 0.15) is 43.6 Å². The van der Waals surface area contributed by atoms with Crippen molar-refractivity contribution in [1.82, 2.24) is 0 Å². The highest BCUT2D eigenvalue weighted by Gasteiger charge is 2.39. The van der Waals surface area contributed by atoms with Crippen LogP contribution in [0.5, 0.6) is 0 Å². The molecule has 0 unspecified atom stereocenters. The molecule has 104 valence electrons. The molecule has 0 atom stereocenters. The molecule has 1 aliphatic heterocycles. The number of nitrogens with zero attached hydrogens (tertiary/aromatic N) is 1. The van der Waals surface area contributed by atoms with E-state index in [-0.39, 0.29) is 11.4 Å². The van der Waals surface area contributed by atoms with Gasteiger partial charge in [0.2, 0.25) is 0 Å². The van der Waals surface area contributed by atoms with Crippen LogP contribution in [-0.4, -0.2) is 25.7 Å². The fraction of sp³-hybridized carbons (Fsp3) is 0.533. The van der Waals surface area contributed by atoms with E-state index >= 15 is 0 Å². The van der Waals surface area contributed by atoms with Gasteiger partial charge in [-0.1, -0.05) is 29.8 Å².